The van der Waals surface area contributed by atoms with Crippen LogP contribution in [0.5, 0.6) is 0 Å². The first kappa shape index (κ1) is 18.1. The largest absolute Gasteiger partial charge is 0.442 e. The van der Waals surface area contributed by atoms with E-state index in [4.69, 9.17) is 10.1 Å². The van der Waals surface area contributed by atoms with Crippen molar-refractivity contribution in [3.05, 3.63) is 24.0 Å². The molecule has 0 spiro atoms. The van der Waals surface area contributed by atoms with Crippen LogP contribution >= 0.6 is 11.8 Å². The summed E-state index contributed by atoms with van der Waals surface area (Å²) in [7, 11) is 0. The van der Waals surface area contributed by atoms with E-state index in [1.165, 1.54) is 17.3 Å². The number of aliphatic imine (C=N–C) groups is 1. The van der Waals surface area contributed by atoms with Gasteiger partial charge in [0.1, 0.15) is 18.3 Å². The molecule has 0 aliphatic carbocycles. The molecule has 3 aliphatic rings. The number of rotatable bonds is 6. The van der Waals surface area contributed by atoms with Crippen molar-refractivity contribution in [2.24, 2.45) is 4.99 Å². The summed E-state index contributed by atoms with van der Waals surface area (Å²) in [5.41, 5.74) is 1.15. The first-order chi connectivity index (χ1) is 13.2. The van der Waals surface area contributed by atoms with Gasteiger partial charge in [-0.25, -0.2) is 14.2 Å². The number of benzene rings is 1. The lowest BCUT2D eigenvalue weighted by atomic mass is 10.2. The third kappa shape index (κ3) is 3.60. The van der Waals surface area contributed by atoms with Crippen LogP contribution in [0.25, 0.3) is 0 Å². The van der Waals surface area contributed by atoms with E-state index in [2.05, 4.69) is 15.2 Å². The number of anilines is 2. The topological polar surface area (TPSA) is 81.0 Å². The first-order valence-corrected chi connectivity index (χ1v) is 10.2. The number of carbonyl (C=O) groups is 1. The van der Waals surface area contributed by atoms with Crippen LogP contribution in [0, 0.1) is 11.2 Å². The molecule has 27 heavy (non-hydrogen) atoms. The molecule has 1 aromatic rings. The van der Waals surface area contributed by atoms with Gasteiger partial charge in [-0.1, -0.05) is 0 Å². The van der Waals surface area contributed by atoms with Gasteiger partial charge >= 0.3 is 6.09 Å². The van der Waals surface area contributed by atoms with E-state index in [1.54, 1.807) is 12.1 Å². The molecule has 1 amide bonds. The molecule has 4 rings (SSSR count). The lowest BCUT2D eigenvalue weighted by Crippen LogP contribution is -2.43. The molecule has 144 valence electrons. The SMILES string of the molecule is N=C/N=C\NC[C@H]1CN(c2ccc(N3C4CCC3CSC4)c(F)c2)C(=O)O1. The smallest absolute Gasteiger partial charge is 0.414 e. The monoisotopic (exact) mass is 391 g/mol. The lowest BCUT2D eigenvalue weighted by Gasteiger charge is -2.36. The van der Waals surface area contributed by atoms with Crippen molar-refractivity contribution < 1.29 is 13.9 Å². The van der Waals surface area contributed by atoms with Crippen molar-refractivity contribution in [1.29, 1.82) is 5.41 Å². The Bertz CT molecular complexity index is 745. The van der Waals surface area contributed by atoms with E-state index in [1.807, 2.05) is 11.8 Å². The van der Waals surface area contributed by atoms with Crippen molar-refractivity contribution in [2.75, 3.05) is 34.4 Å². The van der Waals surface area contributed by atoms with E-state index in [0.29, 0.717) is 36.5 Å². The number of amides is 1. The van der Waals surface area contributed by atoms with Gasteiger partial charge in [-0.15, -0.1) is 0 Å². The number of cyclic esters (lactones) is 1. The van der Waals surface area contributed by atoms with Gasteiger partial charge in [0.2, 0.25) is 0 Å². The van der Waals surface area contributed by atoms with Gasteiger partial charge in [-0.3, -0.25) is 10.3 Å². The van der Waals surface area contributed by atoms with Gasteiger partial charge in [-0.05, 0) is 31.0 Å². The van der Waals surface area contributed by atoms with Crippen LogP contribution in [-0.2, 0) is 4.74 Å². The Morgan fingerprint density at radius 1 is 1.37 bits per heavy atom. The van der Waals surface area contributed by atoms with Crippen LogP contribution in [0.3, 0.4) is 0 Å². The molecule has 3 fully saturated rings. The summed E-state index contributed by atoms with van der Waals surface area (Å²) in [5.74, 6) is 1.81. The van der Waals surface area contributed by atoms with E-state index < -0.39 is 6.09 Å². The summed E-state index contributed by atoms with van der Waals surface area (Å²) < 4.78 is 20.2. The Balaban J connectivity index is 1.45. The molecule has 3 heterocycles. The second kappa shape index (κ2) is 7.75. The fraction of sp³-hybridized carbons (Fsp3) is 0.500. The van der Waals surface area contributed by atoms with Crippen LogP contribution < -0.4 is 15.1 Å². The van der Waals surface area contributed by atoms with E-state index in [0.717, 1.165) is 30.7 Å². The molecule has 3 aliphatic heterocycles. The van der Waals surface area contributed by atoms with Gasteiger partial charge in [0.25, 0.3) is 0 Å². The van der Waals surface area contributed by atoms with Crippen LogP contribution in [-0.4, -0.2) is 61.6 Å². The highest BCUT2D eigenvalue weighted by Gasteiger charge is 2.38. The number of hydrogen-bond donors (Lipinski definition) is 2. The molecule has 7 nitrogen and oxygen atoms in total. The van der Waals surface area contributed by atoms with Crippen molar-refractivity contribution in [1.82, 2.24) is 5.32 Å². The van der Waals surface area contributed by atoms with Gasteiger partial charge in [0.15, 0.2) is 0 Å². The Kier molecular flexibility index (Phi) is 5.20. The number of hydrogen-bond acceptors (Lipinski definition) is 5. The third-order valence-electron chi connectivity index (χ3n) is 5.22. The normalized spacial score (nSPS) is 27.3. The minimum atomic E-state index is -0.479. The van der Waals surface area contributed by atoms with E-state index in [-0.39, 0.29) is 11.9 Å². The number of nitrogens with zero attached hydrogens (tertiary/aromatic N) is 3. The summed E-state index contributed by atoms with van der Waals surface area (Å²) in [6.45, 7) is 0.726. The second-order valence-electron chi connectivity index (χ2n) is 6.90. The zero-order valence-electron chi connectivity index (χ0n) is 14.8. The maximum Gasteiger partial charge on any atom is 0.414 e. The van der Waals surface area contributed by atoms with Gasteiger partial charge in [0.05, 0.1) is 30.8 Å². The highest BCUT2D eigenvalue weighted by Crippen LogP contribution is 2.40. The van der Waals surface area contributed by atoms with Crippen molar-refractivity contribution in [3.63, 3.8) is 0 Å². The van der Waals surface area contributed by atoms with Crippen LogP contribution in [0.1, 0.15) is 12.8 Å². The highest BCUT2D eigenvalue weighted by molar-refractivity contribution is 7.99. The minimum Gasteiger partial charge on any atom is -0.442 e. The fourth-order valence-electron chi connectivity index (χ4n) is 4.01. The van der Waals surface area contributed by atoms with Crippen molar-refractivity contribution >= 4 is 41.9 Å². The van der Waals surface area contributed by atoms with Crippen LogP contribution in [0.15, 0.2) is 23.2 Å². The Labute approximate surface area is 161 Å². The maximum atomic E-state index is 14.9. The van der Waals surface area contributed by atoms with Gasteiger partial charge in [0, 0.05) is 23.6 Å². The first-order valence-electron chi connectivity index (χ1n) is 9.05. The summed E-state index contributed by atoms with van der Waals surface area (Å²) >= 11 is 1.95. The van der Waals surface area contributed by atoms with Crippen LogP contribution in [0.2, 0.25) is 0 Å². The summed E-state index contributed by atoms with van der Waals surface area (Å²) in [6, 6.07) is 5.84. The Morgan fingerprint density at radius 3 is 2.85 bits per heavy atom. The molecular weight excluding hydrogens is 369 g/mol. The predicted molar refractivity (Wildman–Crippen MR) is 106 cm³/mol. The molecule has 2 bridgehead atoms. The number of ether oxygens (including phenoxy) is 1. The molecule has 1 aromatic carbocycles. The average Bonchev–Trinajstić information content (AvgIpc) is 3.14. The average molecular weight is 391 g/mol. The maximum absolute atomic E-state index is 14.9. The second-order valence-corrected chi connectivity index (χ2v) is 7.97. The molecule has 2 N–H and O–H groups in total. The molecule has 2 unspecified atom stereocenters. The number of halogens is 1. The summed E-state index contributed by atoms with van der Waals surface area (Å²) in [5, 5.41) is 9.68. The van der Waals surface area contributed by atoms with Crippen molar-refractivity contribution in [3.8, 4) is 0 Å². The standard InChI is InChI=1S/C18H22FN5O2S/c19-16-5-12(23-7-15(26-18(23)25)6-21-11-22-10-20)3-4-17(16)24-13-1-2-14(24)9-27-8-13/h3-5,10-11,13-15H,1-2,6-9H2,(H2,20,21,22)/t13?,14?,15-/m0/s1. The number of carbonyl (C=O) groups excluding carboxylic acids is 1. The molecular formula is C18H22FN5O2S. The predicted octanol–water partition coefficient (Wildman–Crippen LogP) is 2.46. The zero-order chi connectivity index (χ0) is 18.8. The molecule has 3 saturated heterocycles. The number of thioether (sulfide) groups is 1. The van der Waals surface area contributed by atoms with E-state index >= 15 is 0 Å². The molecule has 0 saturated carbocycles. The lowest BCUT2D eigenvalue weighted by molar-refractivity contribution is 0.143. The highest BCUT2D eigenvalue weighted by atomic mass is 32.2. The zero-order valence-corrected chi connectivity index (χ0v) is 15.6. The minimum absolute atomic E-state index is 0.288. The Morgan fingerprint density at radius 2 is 2.15 bits per heavy atom. The molecule has 3 atom stereocenters. The molecule has 0 radical (unpaired) electrons. The van der Waals surface area contributed by atoms with Crippen molar-refractivity contribution in [2.45, 2.75) is 31.0 Å². The molecule has 0 aromatic heterocycles. The number of nitrogens with one attached hydrogen (secondary N) is 2. The third-order valence-corrected chi connectivity index (χ3v) is 6.46. The summed E-state index contributed by atoms with van der Waals surface area (Å²) in [4.78, 5) is 19.4. The number of fused-ring (bicyclic) bond motifs is 2. The Hall–Kier alpha value is -2.29. The molecule has 9 heteroatoms. The summed E-state index contributed by atoms with van der Waals surface area (Å²) in [6.07, 6.45) is 3.70. The van der Waals surface area contributed by atoms with Gasteiger partial charge in [-0.2, -0.15) is 11.8 Å². The fourth-order valence-corrected chi connectivity index (χ4v) is 5.34. The quantitative estimate of drug-likeness (QED) is 0.575. The van der Waals surface area contributed by atoms with Gasteiger partial charge < -0.3 is 15.0 Å². The van der Waals surface area contributed by atoms with Crippen LogP contribution in [0.4, 0.5) is 20.6 Å². The van der Waals surface area contributed by atoms with E-state index in [9.17, 15) is 9.18 Å².